The highest BCUT2D eigenvalue weighted by Gasteiger charge is 2.04. The molecule has 0 aliphatic heterocycles. The van der Waals surface area contributed by atoms with Crippen LogP contribution in [0.2, 0.25) is 5.02 Å². The third-order valence-corrected chi connectivity index (χ3v) is 3.20. The minimum atomic E-state index is 0.362. The fourth-order valence-electron chi connectivity index (χ4n) is 0.861. The molecule has 0 bridgehead atoms. The number of nitrogen functional groups attached to an aromatic ring is 1. The van der Waals surface area contributed by atoms with Crippen molar-refractivity contribution < 1.29 is 0 Å². The predicted molar refractivity (Wildman–Crippen MR) is 61.4 cm³/mol. The zero-order valence-electron chi connectivity index (χ0n) is 7.46. The highest BCUT2D eigenvalue weighted by Crippen LogP contribution is 2.31. The molecule has 3 heteroatoms. The molecule has 0 amide bonds. The first-order valence-electron chi connectivity index (χ1n) is 3.97. The summed E-state index contributed by atoms with van der Waals surface area (Å²) in [4.78, 5) is 1.04. The molecule has 1 nitrogen and oxygen atoms in total. The summed E-state index contributed by atoms with van der Waals surface area (Å²) in [7, 11) is 0. The van der Waals surface area contributed by atoms with E-state index in [2.05, 4.69) is 13.5 Å². The van der Waals surface area contributed by atoms with E-state index in [0.29, 0.717) is 16.0 Å². The third kappa shape index (κ3) is 2.98. The maximum atomic E-state index is 6.00. The molecule has 2 N–H and O–H groups in total. The second kappa shape index (κ2) is 4.58. The van der Waals surface area contributed by atoms with E-state index in [4.69, 9.17) is 17.3 Å². The van der Waals surface area contributed by atoms with Gasteiger partial charge in [0.15, 0.2) is 0 Å². The Labute approximate surface area is 88.0 Å². The van der Waals surface area contributed by atoms with Crippen LogP contribution in [0.5, 0.6) is 0 Å². The summed E-state index contributed by atoms with van der Waals surface area (Å²) < 4.78 is 0. The zero-order chi connectivity index (χ0) is 9.84. The van der Waals surface area contributed by atoms with Crippen molar-refractivity contribution in [1.29, 1.82) is 0 Å². The molecular formula is C10H12ClNS. The van der Waals surface area contributed by atoms with Crippen LogP contribution >= 0.6 is 23.4 Å². The summed E-state index contributed by atoms with van der Waals surface area (Å²) in [6.07, 6.45) is 1.89. The molecule has 1 aromatic carbocycles. The average molecular weight is 214 g/mol. The lowest BCUT2D eigenvalue weighted by Gasteiger charge is -2.07. The molecule has 0 radical (unpaired) electrons. The van der Waals surface area contributed by atoms with Gasteiger partial charge in [-0.25, -0.2) is 0 Å². The topological polar surface area (TPSA) is 26.0 Å². The molecule has 0 saturated heterocycles. The number of thioether (sulfide) groups is 1. The first-order valence-corrected chi connectivity index (χ1v) is 5.23. The van der Waals surface area contributed by atoms with Gasteiger partial charge in [0, 0.05) is 15.8 Å². The van der Waals surface area contributed by atoms with E-state index < -0.39 is 0 Å². The number of rotatable bonds is 3. The Morgan fingerprint density at radius 3 is 2.85 bits per heavy atom. The van der Waals surface area contributed by atoms with Gasteiger partial charge in [-0.05, 0) is 25.1 Å². The lowest BCUT2D eigenvalue weighted by Crippen LogP contribution is -1.90. The van der Waals surface area contributed by atoms with Crippen molar-refractivity contribution in [3.05, 3.63) is 35.9 Å². The monoisotopic (exact) mass is 213 g/mol. The van der Waals surface area contributed by atoms with Gasteiger partial charge in [-0.1, -0.05) is 17.7 Å². The third-order valence-electron chi connectivity index (χ3n) is 1.60. The molecule has 0 heterocycles. The lowest BCUT2D eigenvalue weighted by molar-refractivity contribution is 1.24. The van der Waals surface area contributed by atoms with E-state index in [-0.39, 0.29) is 0 Å². The molecule has 0 fully saturated rings. The fourth-order valence-corrected chi connectivity index (χ4v) is 2.00. The van der Waals surface area contributed by atoms with E-state index in [1.807, 2.05) is 18.2 Å². The number of nitrogens with two attached hydrogens (primary N) is 1. The van der Waals surface area contributed by atoms with Crippen molar-refractivity contribution in [2.24, 2.45) is 0 Å². The van der Waals surface area contributed by atoms with Crippen LogP contribution in [0.1, 0.15) is 6.92 Å². The number of anilines is 1. The van der Waals surface area contributed by atoms with Crippen molar-refractivity contribution in [2.75, 3.05) is 5.73 Å². The van der Waals surface area contributed by atoms with Crippen molar-refractivity contribution in [1.82, 2.24) is 0 Å². The molecule has 0 aliphatic carbocycles. The van der Waals surface area contributed by atoms with Crippen LogP contribution in [0.15, 0.2) is 35.7 Å². The number of hydrogen-bond donors (Lipinski definition) is 1. The van der Waals surface area contributed by atoms with E-state index in [1.54, 1.807) is 17.8 Å². The summed E-state index contributed by atoms with van der Waals surface area (Å²) in [5, 5.41) is 1.07. The number of hydrogen-bond acceptors (Lipinski definition) is 2. The van der Waals surface area contributed by atoms with Gasteiger partial charge in [-0.2, -0.15) is 0 Å². The average Bonchev–Trinajstić information content (AvgIpc) is 2.09. The molecule has 0 aromatic heterocycles. The lowest BCUT2D eigenvalue weighted by atomic mass is 10.3. The second-order valence-corrected chi connectivity index (χ2v) is 4.57. The molecule has 0 aliphatic rings. The number of halogens is 1. The molecule has 1 unspecified atom stereocenters. The Balaban J connectivity index is 2.83. The summed E-state index contributed by atoms with van der Waals surface area (Å²) in [5.74, 6) is 0. The van der Waals surface area contributed by atoms with Crippen LogP contribution in [0.3, 0.4) is 0 Å². The summed E-state index contributed by atoms with van der Waals surface area (Å²) in [6.45, 7) is 5.79. The van der Waals surface area contributed by atoms with Gasteiger partial charge in [0.25, 0.3) is 0 Å². The van der Waals surface area contributed by atoms with Crippen LogP contribution in [-0.2, 0) is 0 Å². The molecule has 1 aromatic rings. The van der Waals surface area contributed by atoms with Crippen molar-refractivity contribution in [2.45, 2.75) is 17.1 Å². The standard InChI is InChI=1S/C10H12ClNS/c1-3-7(2)13-10-5-4-8(12)6-9(10)11/h3-7H,1,12H2,2H3. The van der Waals surface area contributed by atoms with Crippen molar-refractivity contribution in [3.8, 4) is 0 Å². The number of benzene rings is 1. The van der Waals surface area contributed by atoms with Gasteiger partial charge in [-0.3, -0.25) is 0 Å². The Bertz CT molecular complexity index is 312. The Hall–Kier alpha value is -0.600. The van der Waals surface area contributed by atoms with E-state index in [0.717, 1.165) is 4.90 Å². The van der Waals surface area contributed by atoms with Gasteiger partial charge < -0.3 is 5.73 Å². The van der Waals surface area contributed by atoms with Gasteiger partial charge in [-0.15, -0.1) is 18.3 Å². The quantitative estimate of drug-likeness (QED) is 0.472. The Kier molecular flexibility index (Phi) is 3.70. The van der Waals surface area contributed by atoms with Crippen molar-refractivity contribution >= 4 is 29.1 Å². The molecular weight excluding hydrogens is 202 g/mol. The van der Waals surface area contributed by atoms with Gasteiger partial charge in [0.05, 0.1) is 5.02 Å². The smallest absolute Gasteiger partial charge is 0.0562 e. The largest absolute Gasteiger partial charge is 0.399 e. The Morgan fingerprint density at radius 2 is 2.31 bits per heavy atom. The van der Waals surface area contributed by atoms with Crippen LogP contribution < -0.4 is 5.73 Å². The summed E-state index contributed by atoms with van der Waals surface area (Å²) in [6, 6.07) is 5.55. The zero-order valence-corrected chi connectivity index (χ0v) is 9.03. The predicted octanol–water partition coefficient (Wildman–Crippen LogP) is 3.59. The van der Waals surface area contributed by atoms with Gasteiger partial charge in [0.2, 0.25) is 0 Å². The highest BCUT2D eigenvalue weighted by atomic mass is 35.5. The molecule has 0 spiro atoms. The van der Waals surface area contributed by atoms with Crippen LogP contribution in [0.4, 0.5) is 5.69 Å². The second-order valence-electron chi connectivity index (χ2n) is 2.75. The normalized spacial score (nSPS) is 12.5. The summed E-state index contributed by atoms with van der Waals surface area (Å²) in [5.41, 5.74) is 6.27. The maximum Gasteiger partial charge on any atom is 0.0562 e. The molecule has 1 rings (SSSR count). The van der Waals surface area contributed by atoms with E-state index >= 15 is 0 Å². The van der Waals surface area contributed by atoms with Crippen molar-refractivity contribution in [3.63, 3.8) is 0 Å². The van der Waals surface area contributed by atoms with E-state index in [1.165, 1.54) is 0 Å². The van der Waals surface area contributed by atoms with Gasteiger partial charge in [0.1, 0.15) is 0 Å². The SMILES string of the molecule is C=CC(C)Sc1ccc(N)cc1Cl. The van der Waals surface area contributed by atoms with E-state index in [9.17, 15) is 0 Å². The first kappa shape index (κ1) is 10.5. The molecule has 13 heavy (non-hydrogen) atoms. The van der Waals surface area contributed by atoms with Crippen LogP contribution in [-0.4, -0.2) is 5.25 Å². The fraction of sp³-hybridized carbons (Fsp3) is 0.200. The molecule has 0 saturated carbocycles. The van der Waals surface area contributed by atoms with Crippen LogP contribution in [0.25, 0.3) is 0 Å². The minimum Gasteiger partial charge on any atom is -0.399 e. The maximum absolute atomic E-state index is 6.00. The summed E-state index contributed by atoms with van der Waals surface area (Å²) >= 11 is 7.67. The highest BCUT2D eigenvalue weighted by molar-refractivity contribution is 8.00. The van der Waals surface area contributed by atoms with Gasteiger partial charge >= 0.3 is 0 Å². The first-order chi connectivity index (χ1) is 6.13. The minimum absolute atomic E-state index is 0.362. The molecule has 70 valence electrons. The molecule has 1 atom stereocenters. The van der Waals surface area contributed by atoms with Crippen LogP contribution in [0, 0.1) is 0 Å². The Morgan fingerprint density at radius 1 is 1.62 bits per heavy atom.